The van der Waals surface area contributed by atoms with Crippen LogP contribution in [-0.4, -0.2) is 38.8 Å². The number of amides is 1. The van der Waals surface area contributed by atoms with E-state index >= 15 is 0 Å². The minimum atomic E-state index is -0.0154. The van der Waals surface area contributed by atoms with E-state index in [9.17, 15) is 4.79 Å². The van der Waals surface area contributed by atoms with Crippen molar-refractivity contribution in [1.29, 1.82) is 0 Å². The van der Waals surface area contributed by atoms with Crippen LogP contribution in [0.4, 0.5) is 0 Å². The molecule has 1 atom stereocenters. The molecular weight excluding hydrogens is 384 g/mol. The first kappa shape index (κ1) is 21.5. The second-order valence-electron chi connectivity index (χ2n) is 9.43. The number of hydrogen-bond donors (Lipinski definition) is 2. The molecule has 1 aliphatic heterocycles. The standard InChI is InChI=1S/C27H32N2O2/c1-27(2,3)22-13-11-21(12-14-22)26(30)28-19-25(29-15-17-31-18-16-29)24-10-6-8-20-7-4-5-9-23(20)24/h4-14,25H,15-19H2,1-3H3,(H,28,30)/p+1/t25-/m1/s1. The van der Waals surface area contributed by atoms with Gasteiger partial charge in [0, 0.05) is 11.1 Å². The maximum Gasteiger partial charge on any atom is 0.251 e. The fraction of sp³-hybridized carbons (Fsp3) is 0.370. The molecule has 31 heavy (non-hydrogen) atoms. The highest BCUT2D eigenvalue weighted by Crippen LogP contribution is 2.24. The van der Waals surface area contributed by atoms with Crippen LogP contribution in [0.15, 0.2) is 66.7 Å². The number of benzene rings is 3. The van der Waals surface area contributed by atoms with Gasteiger partial charge in [0.25, 0.3) is 5.91 Å². The average Bonchev–Trinajstić information content (AvgIpc) is 2.79. The molecule has 1 heterocycles. The zero-order valence-corrected chi connectivity index (χ0v) is 18.8. The van der Waals surface area contributed by atoms with Gasteiger partial charge in [-0.05, 0) is 33.9 Å². The van der Waals surface area contributed by atoms with Crippen molar-refractivity contribution < 1.29 is 14.4 Å². The first-order valence-corrected chi connectivity index (χ1v) is 11.2. The Kier molecular flexibility index (Phi) is 6.40. The third kappa shape index (κ3) is 4.97. The maximum absolute atomic E-state index is 12.9. The molecule has 162 valence electrons. The van der Waals surface area contributed by atoms with Gasteiger partial charge >= 0.3 is 0 Å². The summed E-state index contributed by atoms with van der Waals surface area (Å²) in [4.78, 5) is 14.4. The molecular formula is C27H33N2O2+. The van der Waals surface area contributed by atoms with Gasteiger partial charge in [-0.3, -0.25) is 4.79 Å². The summed E-state index contributed by atoms with van der Waals surface area (Å²) in [5, 5.41) is 5.72. The van der Waals surface area contributed by atoms with E-state index in [1.54, 1.807) is 0 Å². The van der Waals surface area contributed by atoms with E-state index in [0.717, 1.165) is 26.3 Å². The molecule has 1 fully saturated rings. The summed E-state index contributed by atoms with van der Waals surface area (Å²) < 4.78 is 5.60. The van der Waals surface area contributed by atoms with Gasteiger partial charge in [0.15, 0.2) is 0 Å². The fourth-order valence-corrected chi connectivity index (χ4v) is 4.43. The number of fused-ring (bicyclic) bond motifs is 1. The quantitative estimate of drug-likeness (QED) is 0.667. The van der Waals surface area contributed by atoms with Gasteiger partial charge in [-0.15, -0.1) is 0 Å². The number of rotatable bonds is 5. The van der Waals surface area contributed by atoms with Crippen LogP contribution < -0.4 is 10.2 Å². The Morgan fingerprint density at radius 1 is 0.968 bits per heavy atom. The molecule has 4 nitrogen and oxygen atoms in total. The molecule has 0 aliphatic carbocycles. The second kappa shape index (κ2) is 9.21. The Hall–Kier alpha value is -2.69. The van der Waals surface area contributed by atoms with E-state index in [0.29, 0.717) is 12.1 Å². The van der Waals surface area contributed by atoms with Crippen LogP contribution in [0.3, 0.4) is 0 Å². The molecule has 4 heteroatoms. The topological polar surface area (TPSA) is 42.8 Å². The Balaban J connectivity index is 1.56. The van der Waals surface area contributed by atoms with Gasteiger partial charge in [0.05, 0.1) is 19.8 Å². The smallest absolute Gasteiger partial charge is 0.251 e. The van der Waals surface area contributed by atoms with Crippen LogP contribution in [0, 0.1) is 0 Å². The van der Waals surface area contributed by atoms with Crippen LogP contribution in [0.5, 0.6) is 0 Å². The summed E-state index contributed by atoms with van der Waals surface area (Å²) in [7, 11) is 0. The number of quaternary nitrogens is 1. The first-order valence-electron chi connectivity index (χ1n) is 11.2. The van der Waals surface area contributed by atoms with E-state index in [4.69, 9.17) is 4.74 Å². The zero-order chi connectivity index (χ0) is 21.8. The van der Waals surface area contributed by atoms with Gasteiger partial charge in [-0.2, -0.15) is 0 Å². The molecule has 3 aromatic rings. The minimum Gasteiger partial charge on any atom is -0.370 e. The van der Waals surface area contributed by atoms with Gasteiger partial charge < -0.3 is 15.0 Å². The lowest BCUT2D eigenvalue weighted by Crippen LogP contribution is -3.15. The lowest BCUT2D eigenvalue weighted by Gasteiger charge is -2.32. The molecule has 0 aromatic heterocycles. The SMILES string of the molecule is CC(C)(C)c1ccc(C(=O)NC[C@H](c2cccc3ccccc23)[NH+]2CCOCC2)cc1. The molecule has 0 radical (unpaired) electrons. The fourth-order valence-electron chi connectivity index (χ4n) is 4.43. The first-order chi connectivity index (χ1) is 14.9. The Bertz CT molecular complexity index is 1030. The lowest BCUT2D eigenvalue weighted by atomic mass is 9.86. The number of nitrogens with one attached hydrogen (secondary N) is 2. The van der Waals surface area contributed by atoms with E-state index in [2.05, 4.69) is 80.7 Å². The predicted octanol–water partition coefficient (Wildman–Crippen LogP) is 3.52. The maximum atomic E-state index is 12.9. The molecule has 0 bridgehead atoms. The molecule has 2 N–H and O–H groups in total. The molecule has 1 amide bonds. The highest BCUT2D eigenvalue weighted by atomic mass is 16.5. The van der Waals surface area contributed by atoms with Gasteiger partial charge in [0.2, 0.25) is 0 Å². The molecule has 4 rings (SSSR count). The van der Waals surface area contributed by atoms with Gasteiger partial charge in [0.1, 0.15) is 19.1 Å². The van der Waals surface area contributed by atoms with Gasteiger partial charge in [-0.1, -0.05) is 75.4 Å². The summed E-state index contributed by atoms with van der Waals surface area (Å²) >= 11 is 0. The lowest BCUT2D eigenvalue weighted by molar-refractivity contribution is -0.937. The van der Waals surface area contributed by atoms with Crippen LogP contribution in [0.2, 0.25) is 0 Å². The predicted molar refractivity (Wildman–Crippen MR) is 126 cm³/mol. The van der Waals surface area contributed by atoms with Gasteiger partial charge in [-0.25, -0.2) is 0 Å². The van der Waals surface area contributed by atoms with Crippen molar-refractivity contribution in [3.63, 3.8) is 0 Å². The van der Waals surface area contributed by atoms with Crippen molar-refractivity contribution in [2.45, 2.75) is 32.2 Å². The molecule has 0 spiro atoms. The number of ether oxygens (including phenoxy) is 1. The molecule has 1 saturated heterocycles. The summed E-state index contributed by atoms with van der Waals surface area (Å²) in [5.74, 6) is -0.0154. The third-order valence-electron chi connectivity index (χ3n) is 6.31. The summed E-state index contributed by atoms with van der Waals surface area (Å²) in [5.41, 5.74) is 3.31. The average molecular weight is 418 g/mol. The highest BCUT2D eigenvalue weighted by Gasteiger charge is 2.28. The van der Waals surface area contributed by atoms with E-state index in [1.165, 1.54) is 26.8 Å². The Morgan fingerprint density at radius 2 is 1.65 bits per heavy atom. The van der Waals surface area contributed by atoms with E-state index in [1.807, 2.05) is 12.1 Å². The van der Waals surface area contributed by atoms with Crippen LogP contribution >= 0.6 is 0 Å². The minimum absolute atomic E-state index is 0.0154. The largest absolute Gasteiger partial charge is 0.370 e. The monoisotopic (exact) mass is 417 g/mol. The van der Waals surface area contributed by atoms with Crippen LogP contribution in [-0.2, 0) is 10.2 Å². The molecule has 0 unspecified atom stereocenters. The second-order valence-corrected chi connectivity index (χ2v) is 9.43. The Morgan fingerprint density at radius 3 is 2.35 bits per heavy atom. The van der Waals surface area contributed by atoms with Crippen LogP contribution in [0.25, 0.3) is 10.8 Å². The summed E-state index contributed by atoms with van der Waals surface area (Å²) in [6.07, 6.45) is 0. The zero-order valence-electron chi connectivity index (χ0n) is 18.8. The number of hydrogen-bond acceptors (Lipinski definition) is 2. The highest BCUT2D eigenvalue weighted by molar-refractivity contribution is 5.94. The van der Waals surface area contributed by atoms with Crippen molar-refractivity contribution in [3.8, 4) is 0 Å². The van der Waals surface area contributed by atoms with Crippen molar-refractivity contribution in [3.05, 3.63) is 83.4 Å². The van der Waals surface area contributed by atoms with E-state index < -0.39 is 0 Å². The summed E-state index contributed by atoms with van der Waals surface area (Å²) in [6.45, 7) is 10.6. The van der Waals surface area contributed by atoms with Crippen molar-refractivity contribution >= 4 is 16.7 Å². The number of morpholine rings is 1. The molecule has 1 aliphatic rings. The summed E-state index contributed by atoms with van der Waals surface area (Å²) in [6, 6.07) is 23.2. The van der Waals surface area contributed by atoms with Crippen molar-refractivity contribution in [2.75, 3.05) is 32.8 Å². The Labute approximate surface area is 185 Å². The number of carbonyl (C=O) groups excluding carboxylic acids is 1. The number of carbonyl (C=O) groups is 1. The van der Waals surface area contributed by atoms with Crippen LogP contribution in [0.1, 0.15) is 48.3 Å². The normalized spacial score (nSPS) is 16.2. The molecule has 0 saturated carbocycles. The van der Waals surface area contributed by atoms with Crippen molar-refractivity contribution in [1.82, 2.24) is 5.32 Å². The third-order valence-corrected chi connectivity index (χ3v) is 6.31. The van der Waals surface area contributed by atoms with E-state index in [-0.39, 0.29) is 17.4 Å². The molecule has 3 aromatic carbocycles. The van der Waals surface area contributed by atoms with Crippen molar-refractivity contribution in [2.24, 2.45) is 0 Å².